The highest BCUT2D eigenvalue weighted by molar-refractivity contribution is 5.80. The topological polar surface area (TPSA) is 30.9 Å². The quantitative estimate of drug-likeness (QED) is 0.524. The van der Waals surface area contributed by atoms with E-state index in [1.54, 1.807) is 0 Å². The van der Waals surface area contributed by atoms with Crippen molar-refractivity contribution in [1.29, 1.82) is 0 Å². The van der Waals surface area contributed by atoms with Crippen LogP contribution in [0.3, 0.4) is 0 Å². The minimum Gasteiger partial charge on any atom is -0.356 e. The van der Waals surface area contributed by atoms with Gasteiger partial charge < -0.3 is 10.2 Å². The van der Waals surface area contributed by atoms with E-state index in [2.05, 4.69) is 70.4 Å². The predicted molar refractivity (Wildman–Crippen MR) is 102 cm³/mol. The van der Waals surface area contributed by atoms with Gasteiger partial charge in [0.1, 0.15) is 0 Å². The lowest BCUT2D eigenvalue weighted by Gasteiger charge is -2.26. The van der Waals surface area contributed by atoms with Crippen molar-refractivity contribution >= 4 is 5.96 Å². The maximum absolute atomic E-state index is 4.51. The highest BCUT2D eigenvalue weighted by Crippen LogP contribution is 2.19. The largest absolute Gasteiger partial charge is 0.356 e. The number of likely N-dealkylation sites (tertiary alicyclic amines) is 1. The highest BCUT2D eigenvalue weighted by atomic mass is 15.3. The van der Waals surface area contributed by atoms with Crippen LogP contribution in [0.4, 0.5) is 0 Å². The summed E-state index contributed by atoms with van der Waals surface area (Å²) in [4.78, 5) is 9.47. The van der Waals surface area contributed by atoms with Gasteiger partial charge >= 0.3 is 0 Å². The molecule has 2 aliphatic rings. The van der Waals surface area contributed by atoms with Crippen LogP contribution >= 0.6 is 0 Å². The van der Waals surface area contributed by atoms with Gasteiger partial charge in [0.25, 0.3) is 0 Å². The van der Waals surface area contributed by atoms with Gasteiger partial charge in [-0.25, -0.2) is 0 Å². The van der Waals surface area contributed by atoms with Crippen molar-refractivity contribution in [3.05, 3.63) is 47.5 Å². The molecule has 1 aromatic rings. The number of nitrogens with one attached hydrogen (secondary N) is 1. The average Bonchev–Trinajstić information content (AvgIpc) is 3.27. The van der Waals surface area contributed by atoms with Crippen LogP contribution in [-0.4, -0.2) is 61.6 Å². The van der Waals surface area contributed by atoms with Gasteiger partial charge in [-0.1, -0.05) is 48.9 Å². The third-order valence-corrected chi connectivity index (χ3v) is 5.25. The van der Waals surface area contributed by atoms with E-state index in [1.807, 2.05) is 7.05 Å². The molecule has 0 aromatic heterocycles. The van der Waals surface area contributed by atoms with Gasteiger partial charge in [-0.15, -0.1) is 0 Å². The van der Waals surface area contributed by atoms with E-state index >= 15 is 0 Å². The minimum atomic E-state index is 0.475. The fourth-order valence-corrected chi connectivity index (χ4v) is 3.61. The Balaban J connectivity index is 1.51. The number of nitrogens with zero attached hydrogens (tertiary/aromatic N) is 3. The van der Waals surface area contributed by atoms with Crippen LogP contribution in [0.15, 0.2) is 41.4 Å². The van der Waals surface area contributed by atoms with Crippen molar-refractivity contribution < 1.29 is 0 Å². The monoisotopic (exact) mass is 326 g/mol. The Kier molecular flexibility index (Phi) is 5.56. The Morgan fingerprint density at radius 3 is 2.62 bits per heavy atom. The lowest BCUT2D eigenvalue weighted by Crippen LogP contribution is -2.43. The molecule has 0 amide bonds. The van der Waals surface area contributed by atoms with Gasteiger partial charge in [0.05, 0.1) is 0 Å². The number of hydrogen-bond donors (Lipinski definition) is 1. The second kappa shape index (κ2) is 7.84. The maximum atomic E-state index is 4.51. The summed E-state index contributed by atoms with van der Waals surface area (Å²) < 4.78 is 0. The zero-order chi connectivity index (χ0) is 16.9. The van der Waals surface area contributed by atoms with Gasteiger partial charge in [-0.05, 0) is 24.8 Å². The molecule has 2 atom stereocenters. The van der Waals surface area contributed by atoms with Crippen molar-refractivity contribution in [3.63, 3.8) is 0 Å². The molecule has 0 radical (unpaired) electrons. The molecule has 130 valence electrons. The molecule has 1 saturated heterocycles. The Labute approximate surface area is 146 Å². The Hall–Kier alpha value is -1.81. The molecule has 1 N–H and O–H groups in total. The zero-order valence-corrected chi connectivity index (χ0v) is 15.2. The highest BCUT2D eigenvalue weighted by Gasteiger charge is 2.29. The van der Waals surface area contributed by atoms with Gasteiger partial charge in [0.15, 0.2) is 5.96 Å². The normalized spacial score (nSPS) is 23.0. The van der Waals surface area contributed by atoms with E-state index < -0.39 is 0 Å². The Morgan fingerprint density at radius 2 is 1.96 bits per heavy atom. The first-order valence-corrected chi connectivity index (χ1v) is 9.08. The van der Waals surface area contributed by atoms with Crippen molar-refractivity contribution in [2.24, 2.45) is 4.99 Å². The lowest BCUT2D eigenvalue weighted by atomic mass is 10.0. The Bertz CT molecular complexity index is 582. The summed E-state index contributed by atoms with van der Waals surface area (Å²) in [6.45, 7) is 9.72. The third kappa shape index (κ3) is 3.99. The summed E-state index contributed by atoms with van der Waals surface area (Å²) in [6.07, 6.45) is 5.79. The van der Waals surface area contributed by atoms with Crippen LogP contribution in [-0.2, 0) is 0 Å². The van der Waals surface area contributed by atoms with Gasteiger partial charge in [-0.3, -0.25) is 9.89 Å². The number of aliphatic imine (C=N–C) groups is 1. The maximum Gasteiger partial charge on any atom is 0.193 e. The van der Waals surface area contributed by atoms with Crippen molar-refractivity contribution in [2.45, 2.75) is 32.2 Å². The molecule has 0 saturated carbocycles. The number of guanidine groups is 1. The summed E-state index contributed by atoms with van der Waals surface area (Å²) in [5, 5.41) is 3.58. The first-order chi connectivity index (χ1) is 11.7. The molecule has 0 spiro atoms. The summed E-state index contributed by atoms with van der Waals surface area (Å²) in [6, 6.07) is 9.51. The predicted octanol–water partition coefficient (Wildman–Crippen LogP) is 2.62. The van der Waals surface area contributed by atoms with Crippen molar-refractivity contribution in [1.82, 2.24) is 15.1 Å². The SMILES string of the molecule is CN=C(NCC(C)c1ccc(C)cc1)N1CCC(N2CC=CC2)C1. The molecule has 1 aromatic carbocycles. The summed E-state index contributed by atoms with van der Waals surface area (Å²) in [5.41, 5.74) is 2.69. The van der Waals surface area contributed by atoms with Crippen molar-refractivity contribution in [3.8, 4) is 0 Å². The molecule has 1 fully saturated rings. The number of benzene rings is 1. The minimum absolute atomic E-state index is 0.475. The standard InChI is InChI=1S/C20H30N4/c1-16-6-8-18(9-7-16)17(2)14-22-20(21-3)24-13-10-19(15-24)23-11-4-5-12-23/h4-9,17,19H,10-15H2,1-3H3,(H,21,22). The molecule has 4 heteroatoms. The van der Waals surface area contributed by atoms with E-state index in [0.29, 0.717) is 12.0 Å². The van der Waals surface area contributed by atoms with Crippen LogP contribution in [0.5, 0.6) is 0 Å². The van der Waals surface area contributed by atoms with E-state index in [4.69, 9.17) is 0 Å². The fraction of sp³-hybridized carbons (Fsp3) is 0.550. The molecule has 0 aliphatic carbocycles. The first kappa shape index (κ1) is 17.0. The van der Waals surface area contributed by atoms with Crippen LogP contribution < -0.4 is 5.32 Å². The van der Waals surface area contributed by atoms with Crippen molar-refractivity contribution in [2.75, 3.05) is 39.8 Å². The Morgan fingerprint density at radius 1 is 1.25 bits per heavy atom. The zero-order valence-electron chi connectivity index (χ0n) is 15.2. The second-order valence-electron chi connectivity index (χ2n) is 7.05. The van der Waals surface area contributed by atoms with E-state index in [0.717, 1.165) is 38.7 Å². The van der Waals surface area contributed by atoms with Crippen LogP contribution in [0.25, 0.3) is 0 Å². The number of rotatable bonds is 4. The lowest BCUT2D eigenvalue weighted by molar-refractivity contribution is 0.259. The molecule has 0 bridgehead atoms. The molecule has 24 heavy (non-hydrogen) atoms. The van der Waals surface area contributed by atoms with Gasteiger partial charge in [-0.2, -0.15) is 0 Å². The average molecular weight is 326 g/mol. The number of hydrogen-bond acceptors (Lipinski definition) is 2. The third-order valence-electron chi connectivity index (χ3n) is 5.25. The summed E-state index contributed by atoms with van der Waals surface area (Å²) in [5.74, 6) is 1.52. The van der Waals surface area contributed by atoms with Crippen LogP contribution in [0, 0.1) is 6.92 Å². The van der Waals surface area contributed by atoms with E-state index in [-0.39, 0.29) is 0 Å². The summed E-state index contributed by atoms with van der Waals surface area (Å²) in [7, 11) is 1.89. The van der Waals surface area contributed by atoms with E-state index in [1.165, 1.54) is 17.5 Å². The molecular weight excluding hydrogens is 296 g/mol. The first-order valence-electron chi connectivity index (χ1n) is 9.08. The van der Waals surface area contributed by atoms with Gasteiger partial charge in [0.2, 0.25) is 0 Å². The van der Waals surface area contributed by atoms with Crippen LogP contribution in [0.2, 0.25) is 0 Å². The molecular formula is C20H30N4. The van der Waals surface area contributed by atoms with E-state index in [9.17, 15) is 0 Å². The molecule has 2 unspecified atom stereocenters. The number of aryl methyl sites for hydroxylation is 1. The smallest absolute Gasteiger partial charge is 0.193 e. The molecule has 2 aliphatic heterocycles. The summed E-state index contributed by atoms with van der Waals surface area (Å²) >= 11 is 0. The van der Waals surface area contributed by atoms with Gasteiger partial charge in [0, 0.05) is 45.8 Å². The molecule has 4 nitrogen and oxygen atoms in total. The second-order valence-corrected chi connectivity index (χ2v) is 7.05. The fourth-order valence-electron chi connectivity index (χ4n) is 3.61. The molecule has 2 heterocycles. The van der Waals surface area contributed by atoms with Crippen LogP contribution in [0.1, 0.15) is 30.4 Å². The molecule has 3 rings (SSSR count).